The van der Waals surface area contributed by atoms with Crippen molar-refractivity contribution in [2.75, 3.05) is 0 Å². The van der Waals surface area contributed by atoms with Crippen LogP contribution in [0.25, 0.3) is 0 Å². The molecule has 1 nitrogen and oxygen atoms in total. The molecule has 0 fully saturated rings. The van der Waals surface area contributed by atoms with Crippen molar-refractivity contribution in [3.63, 3.8) is 0 Å². The van der Waals surface area contributed by atoms with Gasteiger partial charge in [0.05, 0.1) is 0 Å². The lowest BCUT2D eigenvalue weighted by Crippen LogP contribution is -1.99. The highest BCUT2D eigenvalue weighted by molar-refractivity contribution is 5.29. The van der Waals surface area contributed by atoms with Crippen LogP contribution in [0.2, 0.25) is 0 Å². The standard InChI is InChI=1S/C8H9N.C2H6.2CH4/c1-2-4-8-6-9-5-7(8)3-1;1-2;;/h1-4,9H,5-6H2;1-2H3;2*1H4. The molecule has 1 N–H and O–H groups in total. The normalized spacial score (nSPS) is 11.2. The molecular weight excluding hydrogens is 158 g/mol. The van der Waals surface area contributed by atoms with E-state index in [9.17, 15) is 0 Å². The van der Waals surface area contributed by atoms with Gasteiger partial charge >= 0.3 is 0 Å². The van der Waals surface area contributed by atoms with E-state index in [1.807, 2.05) is 13.8 Å². The zero-order valence-corrected chi connectivity index (χ0v) is 7.22. The fourth-order valence-electron chi connectivity index (χ4n) is 1.23. The number of benzene rings is 1. The minimum Gasteiger partial charge on any atom is -0.309 e. The van der Waals surface area contributed by atoms with Crippen LogP contribution in [0.1, 0.15) is 39.8 Å². The van der Waals surface area contributed by atoms with Crippen molar-refractivity contribution < 1.29 is 0 Å². The zero-order chi connectivity index (χ0) is 8.10. The summed E-state index contributed by atoms with van der Waals surface area (Å²) < 4.78 is 0. The van der Waals surface area contributed by atoms with Crippen LogP contribution in [-0.2, 0) is 13.1 Å². The Bertz CT molecular complexity index is 195. The van der Waals surface area contributed by atoms with Crippen LogP contribution in [0.4, 0.5) is 0 Å². The SMILES string of the molecule is C.C.CC.c1ccc2c(c1)CNC2. The van der Waals surface area contributed by atoms with Crippen LogP contribution in [0, 0.1) is 0 Å². The number of rotatable bonds is 0. The van der Waals surface area contributed by atoms with Crippen LogP contribution < -0.4 is 5.32 Å². The minimum atomic E-state index is 0. The largest absolute Gasteiger partial charge is 0.309 e. The predicted molar refractivity (Wildman–Crippen MR) is 61.8 cm³/mol. The molecule has 2 rings (SSSR count). The Morgan fingerprint density at radius 3 is 1.69 bits per heavy atom. The van der Waals surface area contributed by atoms with E-state index < -0.39 is 0 Å². The maximum absolute atomic E-state index is 3.29. The first-order valence-electron chi connectivity index (χ1n) is 4.24. The van der Waals surface area contributed by atoms with E-state index in [1.165, 1.54) is 11.1 Å². The van der Waals surface area contributed by atoms with Crippen molar-refractivity contribution in [2.24, 2.45) is 0 Å². The fraction of sp³-hybridized carbons (Fsp3) is 0.500. The molecule has 1 aromatic carbocycles. The molecule has 1 heteroatoms. The molecule has 0 saturated heterocycles. The smallest absolute Gasteiger partial charge is 0.0211 e. The maximum Gasteiger partial charge on any atom is 0.0211 e. The van der Waals surface area contributed by atoms with Crippen molar-refractivity contribution in [2.45, 2.75) is 41.8 Å². The molecule has 76 valence electrons. The van der Waals surface area contributed by atoms with Gasteiger partial charge in [-0.3, -0.25) is 0 Å². The van der Waals surface area contributed by atoms with Crippen molar-refractivity contribution in [3.8, 4) is 0 Å². The topological polar surface area (TPSA) is 12.0 Å². The first kappa shape index (κ1) is 14.7. The van der Waals surface area contributed by atoms with E-state index in [0.717, 1.165) is 13.1 Å². The highest BCUT2D eigenvalue weighted by Gasteiger charge is 2.06. The summed E-state index contributed by atoms with van der Waals surface area (Å²) in [6.07, 6.45) is 0. The van der Waals surface area contributed by atoms with E-state index in [1.54, 1.807) is 0 Å². The summed E-state index contributed by atoms with van der Waals surface area (Å²) in [4.78, 5) is 0. The van der Waals surface area contributed by atoms with Crippen LogP contribution in [0.15, 0.2) is 24.3 Å². The molecule has 0 unspecified atom stereocenters. The van der Waals surface area contributed by atoms with Crippen LogP contribution >= 0.6 is 0 Å². The third-order valence-corrected chi connectivity index (χ3v) is 1.75. The molecule has 13 heavy (non-hydrogen) atoms. The Hall–Kier alpha value is -0.820. The number of nitrogens with one attached hydrogen (secondary N) is 1. The molecule has 1 aromatic rings. The average molecular weight is 181 g/mol. The summed E-state index contributed by atoms with van der Waals surface area (Å²) >= 11 is 0. The lowest BCUT2D eigenvalue weighted by molar-refractivity contribution is 0.765. The van der Waals surface area contributed by atoms with E-state index in [-0.39, 0.29) is 14.9 Å². The third-order valence-electron chi connectivity index (χ3n) is 1.75. The lowest BCUT2D eigenvalue weighted by atomic mass is 10.1. The summed E-state index contributed by atoms with van der Waals surface area (Å²) in [5.74, 6) is 0. The average Bonchev–Trinajstić information content (AvgIpc) is 2.55. The van der Waals surface area contributed by atoms with Gasteiger partial charge in [0.2, 0.25) is 0 Å². The summed E-state index contributed by atoms with van der Waals surface area (Å²) in [6.45, 7) is 6.10. The van der Waals surface area contributed by atoms with Gasteiger partial charge in [-0.05, 0) is 11.1 Å². The molecule has 0 atom stereocenters. The highest BCUT2D eigenvalue weighted by Crippen LogP contribution is 2.12. The number of fused-ring (bicyclic) bond motifs is 1. The van der Waals surface area contributed by atoms with Crippen LogP contribution in [0.5, 0.6) is 0 Å². The van der Waals surface area contributed by atoms with Gasteiger partial charge in [-0.15, -0.1) is 0 Å². The minimum absolute atomic E-state index is 0. The van der Waals surface area contributed by atoms with Gasteiger partial charge in [0, 0.05) is 13.1 Å². The van der Waals surface area contributed by atoms with Gasteiger partial charge in [-0.25, -0.2) is 0 Å². The number of hydrogen-bond acceptors (Lipinski definition) is 1. The summed E-state index contributed by atoms with van der Waals surface area (Å²) in [6, 6.07) is 8.53. The Morgan fingerprint density at radius 1 is 0.923 bits per heavy atom. The molecule has 0 radical (unpaired) electrons. The molecule has 0 spiro atoms. The second-order valence-corrected chi connectivity index (χ2v) is 2.37. The molecule has 0 aliphatic carbocycles. The van der Waals surface area contributed by atoms with Gasteiger partial charge in [0.1, 0.15) is 0 Å². The molecular formula is C12H23N. The molecule has 1 aliphatic rings. The van der Waals surface area contributed by atoms with Gasteiger partial charge in [0.25, 0.3) is 0 Å². The Labute approximate surface area is 83.2 Å². The predicted octanol–water partition coefficient (Wildman–Crippen LogP) is 3.59. The van der Waals surface area contributed by atoms with Gasteiger partial charge < -0.3 is 5.32 Å². The molecule has 0 bridgehead atoms. The second kappa shape index (κ2) is 7.81. The summed E-state index contributed by atoms with van der Waals surface area (Å²) in [5, 5.41) is 3.29. The van der Waals surface area contributed by atoms with E-state index in [0.29, 0.717) is 0 Å². The van der Waals surface area contributed by atoms with Crippen molar-refractivity contribution in [3.05, 3.63) is 35.4 Å². The van der Waals surface area contributed by atoms with Gasteiger partial charge in [-0.1, -0.05) is 53.0 Å². The molecule has 0 amide bonds. The Kier molecular flexibility index (Phi) is 8.83. The van der Waals surface area contributed by atoms with Crippen molar-refractivity contribution in [1.82, 2.24) is 5.32 Å². The lowest BCUT2D eigenvalue weighted by Gasteiger charge is -1.91. The van der Waals surface area contributed by atoms with Crippen LogP contribution in [0.3, 0.4) is 0 Å². The third kappa shape index (κ3) is 3.60. The van der Waals surface area contributed by atoms with Gasteiger partial charge in [-0.2, -0.15) is 0 Å². The molecule has 0 saturated carbocycles. The Balaban J connectivity index is 0. The van der Waals surface area contributed by atoms with Crippen molar-refractivity contribution in [1.29, 1.82) is 0 Å². The fourth-order valence-corrected chi connectivity index (χ4v) is 1.23. The van der Waals surface area contributed by atoms with E-state index in [4.69, 9.17) is 0 Å². The quantitative estimate of drug-likeness (QED) is 0.645. The first-order valence-corrected chi connectivity index (χ1v) is 4.24. The summed E-state index contributed by atoms with van der Waals surface area (Å²) in [7, 11) is 0. The van der Waals surface area contributed by atoms with E-state index in [2.05, 4.69) is 29.6 Å². The Morgan fingerprint density at radius 2 is 1.31 bits per heavy atom. The highest BCUT2D eigenvalue weighted by atomic mass is 14.9. The molecule has 1 heterocycles. The second-order valence-electron chi connectivity index (χ2n) is 2.37. The first-order chi connectivity index (χ1) is 5.47. The van der Waals surface area contributed by atoms with Crippen LogP contribution in [-0.4, -0.2) is 0 Å². The van der Waals surface area contributed by atoms with Crippen molar-refractivity contribution >= 4 is 0 Å². The molecule has 1 aliphatic heterocycles. The number of hydrogen-bond donors (Lipinski definition) is 1. The molecule has 0 aromatic heterocycles. The monoisotopic (exact) mass is 181 g/mol. The van der Waals surface area contributed by atoms with Gasteiger partial charge in [0.15, 0.2) is 0 Å². The summed E-state index contributed by atoms with van der Waals surface area (Å²) in [5.41, 5.74) is 2.91. The maximum atomic E-state index is 3.29. The zero-order valence-electron chi connectivity index (χ0n) is 7.22. The van der Waals surface area contributed by atoms with E-state index >= 15 is 0 Å².